The quantitative estimate of drug-likeness (QED) is 0.616. The van der Waals surface area contributed by atoms with E-state index in [0.717, 1.165) is 9.87 Å². The van der Waals surface area contributed by atoms with Gasteiger partial charge < -0.3 is 4.52 Å². The molecule has 0 atom stereocenters. The van der Waals surface area contributed by atoms with Gasteiger partial charge in [0, 0.05) is 18.0 Å². The molecule has 2 aromatic heterocycles. The number of aromatic nitrogens is 1. The van der Waals surface area contributed by atoms with Gasteiger partial charge in [-0.25, -0.2) is 12.7 Å². The van der Waals surface area contributed by atoms with Gasteiger partial charge in [-0.05, 0) is 36.4 Å². The van der Waals surface area contributed by atoms with Crippen molar-refractivity contribution in [1.82, 2.24) is 9.46 Å². The Morgan fingerprint density at radius 2 is 2.04 bits per heavy atom. The van der Waals surface area contributed by atoms with E-state index in [2.05, 4.69) is 5.16 Å². The summed E-state index contributed by atoms with van der Waals surface area (Å²) in [4.78, 5) is 12.7. The highest BCUT2D eigenvalue weighted by atomic mass is 35.5. The minimum Gasteiger partial charge on any atom is -0.354 e. The summed E-state index contributed by atoms with van der Waals surface area (Å²) < 4.78 is 31.1. The largest absolute Gasteiger partial charge is 0.354 e. The van der Waals surface area contributed by atoms with Gasteiger partial charge >= 0.3 is 0 Å². The van der Waals surface area contributed by atoms with E-state index in [1.54, 1.807) is 24.4 Å². The zero-order valence-electron chi connectivity index (χ0n) is 14.9. The molecule has 0 saturated heterocycles. The molecule has 0 spiro atoms. The summed E-state index contributed by atoms with van der Waals surface area (Å²) in [7, 11) is -2.58. The molecule has 1 amide bonds. The summed E-state index contributed by atoms with van der Waals surface area (Å²) >= 11 is 7.49. The Morgan fingerprint density at radius 1 is 1.30 bits per heavy atom. The van der Waals surface area contributed by atoms with E-state index in [0.29, 0.717) is 27.6 Å². The van der Waals surface area contributed by atoms with Gasteiger partial charge in [-0.1, -0.05) is 35.0 Å². The number of thiophene rings is 1. The lowest BCUT2D eigenvalue weighted by atomic mass is 9.98. The molecule has 0 saturated carbocycles. The number of halogens is 1. The second-order valence-electron chi connectivity index (χ2n) is 6.00. The highest BCUT2D eigenvalue weighted by Crippen LogP contribution is 2.33. The van der Waals surface area contributed by atoms with Crippen LogP contribution in [0.15, 0.2) is 44.4 Å². The summed E-state index contributed by atoms with van der Waals surface area (Å²) in [5.74, 6) is -0.0958. The van der Waals surface area contributed by atoms with E-state index in [1.807, 2.05) is 13.0 Å². The first-order chi connectivity index (χ1) is 12.7. The molecule has 2 heterocycles. The zero-order valence-corrected chi connectivity index (χ0v) is 17.3. The molecule has 0 fully saturated rings. The third-order valence-corrected chi connectivity index (χ3v) is 7.38. The van der Waals surface area contributed by atoms with Crippen LogP contribution in [0.4, 0.5) is 0 Å². The maximum Gasteiger partial charge on any atom is 0.267 e. The summed E-state index contributed by atoms with van der Waals surface area (Å²) in [6, 6.07) is 6.84. The molecule has 3 aromatic rings. The molecule has 0 aliphatic heterocycles. The fourth-order valence-electron chi connectivity index (χ4n) is 2.61. The maximum atomic E-state index is 12.6. The Balaban J connectivity index is 1.89. The molecule has 9 heteroatoms. The molecule has 3 rings (SSSR count). The Labute approximate surface area is 166 Å². The van der Waals surface area contributed by atoms with Crippen LogP contribution in [-0.4, -0.2) is 30.8 Å². The van der Waals surface area contributed by atoms with Crippen LogP contribution in [0.2, 0.25) is 5.02 Å². The van der Waals surface area contributed by atoms with Crippen LogP contribution in [0.25, 0.3) is 11.3 Å². The lowest BCUT2D eigenvalue weighted by Crippen LogP contribution is -2.34. The van der Waals surface area contributed by atoms with Crippen molar-refractivity contribution in [2.75, 3.05) is 7.05 Å². The van der Waals surface area contributed by atoms with Crippen molar-refractivity contribution >= 4 is 38.9 Å². The third-order valence-electron chi connectivity index (χ3n) is 4.33. The number of benzene rings is 1. The van der Waals surface area contributed by atoms with Crippen LogP contribution in [0.1, 0.15) is 16.8 Å². The van der Waals surface area contributed by atoms with Gasteiger partial charge in [0.2, 0.25) is 5.91 Å². The van der Waals surface area contributed by atoms with Crippen LogP contribution >= 0.6 is 22.9 Å². The number of aryl methyl sites for hydroxylation is 1. The Morgan fingerprint density at radius 3 is 2.63 bits per heavy atom. The first-order valence-electron chi connectivity index (χ1n) is 7.98. The molecule has 0 aliphatic carbocycles. The summed E-state index contributed by atoms with van der Waals surface area (Å²) in [6.45, 7) is 3.57. The molecule has 0 unspecified atom stereocenters. The minimum atomic E-state index is -3.85. The van der Waals surface area contributed by atoms with E-state index in [4.69, 9.17) is 16.1 Å². The zero-order chi connectivity index (χ0) is 19.8. The number of carbonyl (C=O) groups excluding carboxylic acids is 1. The number of nitrogens with zero attached hydrogens (tertiary/aromatic N) is 2. The van der Waals surface area contributed by atoms with Crippen LogP contribution < -0.4 is 0 Å². The van der Waals surface area contributed by atoms with Gasteiger partial charge in [0.25, 0.3) is 10.0 Å². The van der Waals surface area contributed by atoms with Crippen molar-refractivity contribution in [1.29, 1.82) is 0 Å². The van der Waals surface area contributed by atoms with Gasteiger partial charge in [0.15, 0.2) is 5.76 Å². The fourth-order valence-corrected chi connectivity index (χ4v) is 4.93. The molecule has 0 N–H and O–H groups in total. The van der Waals surface area contributed by atoms with Gasteiger partial charge in [-0.3, -0.25) is 4.79 Å². The van der Waals surface area contributed by atoms with Crippen molar-refractivity contribution in [3.05, 3.63) is 56.9 Å². The van der Waals surface area contributed by atoms with Crippen molar-refractivity contribution < 1.29 is 17.7 Å². The second kappa shape index (κ2) is 7.46. The number of amides is 1. The molecular formula is C18H17ClN2O4S2. The average molecular weight is 425 g/mol. The summed E-state index contributed by atoms with van der Waals surface area (Å²) in [5.41, 5.74) is 2.77. The summed E-state index contributed by atoms with van der Waals surface area (Å²) in [5, 5.41) is 7.42. The van der Waals surface area contributed by atoms with Crippen LogP contribution in [0, 0.1) is 13.8 Å². The Hall–Kier alpha value is -2.16. The number of carbonyl (C=O) groups is 1. The van der Waals surface area contributed by atoms with Crippen LogP contribution in [0.5, 0.6) is 0 Å². The van der Waals surface area contributed by atoms with E-state index in [1.165, 1.54) is 29.8 Å². The lowest BCUT2D eigenvalue weighted by Gasteiger charge is -2.18. The molecule has 0 bridgehead atoms. The maximum absolute atomic E-state index is 12.6. The summed E-state index contributed by atoms with van der Waals surface area (Å²) in [6.07, 6.45) is -0.0652. The molecule has 0 aliphatic rings. The van der Waals surface area contributed by atoms with E-state index < -0.39 is 15.9 Å². The van der Waals surface area contributed by atoms with Crippen molar-refractivity contribution in [3.63, 3.8) is 0 Å². The first kappa shape index (κ1) is 19.6. The van der Waals surface area contributed by atoms with Gasteiger partial charge in [-0.15, -0.1) is 0 Å². The highest BCUT2D eigenvalue weighted by Gasteiger charge is 2.26. The smallest absolute Gasteiger partial charge is 0.267 e. The number of hydrogen-bond acceptors (Lipinski definition) is 6. The predicted octanol–water partition coefficient (Wildman–Crippen LogP) is 4.06. The van der Waals surface area contributed by atoms with Crippen LogP contribution in [0.3, 0.4) is 0 Å². The number of hydrogen-bond donors (Lipinski definition) is 0. The predicted molar refractivity (Wildman–Crippen MR) is 104 cm³/mol. The normalized spacial score (nSPS) is 11.6. The Kier molecular flexibility index (Phi) is 5.41. The second-order valence-corrected chi connectivity index (χ2v) is 9.13. The van der Waals surface area contributed by atoms with Crippen molar-refractivity contribution in [2.45, 2.75) is 25.2 Å². The molecule has 6 nitrogen and oxygen atoms in total. The van der Waals surface area contributed by atoms with Crippen molar-refractivity contribution in [3.8, 4) is 11.3 Å². The van der Waals surface area contributed by atoms with Gasteiger partial charge in [-0.2, -0.15) is 11.3 Å². The van der Waals surface area contributed by atoms with Gasteiger partial charge in [0.1, 0.15) is 5.02 Å². The van der Waals surface area contributed by atoms with Gasteiger partial charge in [0.05, 0.1) is 17.0 Å². The molecule has 0 radical (unpaired) electrons. The van der Waals surface area contributed by atoms with E-state index >= 15 is 0 Å². The van der Waals surface area contributed by atoms with E-state index in [9.17, 15) is 13.2 Å². The molecule has 142 valence electrons. The molecular weight excluding hydrogens is 408 g/mol. The van der Waals surface area contributed by atoms with Crippen molar-refractivity contribution in [2.24, 2.45) is 0 Å². The molecule has 1 aromatic carbocycles. The fraction of sp³-hybridized carbons (Fsp3) is 0.222. The van der Waals surface area contributed by atoms with E-state index in [-0.39, 0.29) is 11.3 Å². The number of sulfonamides is 1. The SMILES string of the molecule is Cc1noc(-c2cccc(CC(=O)N(C)S(=O)(=O)c3ccsc3)c2C)c1Cl. The highest BCUT2D eigenvalue weighted by molar-refractivity contribution is 7.89. The average Bonchev–Trinajstić information content (AvgIpc) is 3.28. The standard InChI is InChI=1S/C18H17ClN2O4S2/c1-11-13(5-4-6-15(11)18-17(19)12(2)20-25-18)9-16(22)21(3)27(23,24)14-7-8-26-10-14/h4-8,10H,9H2,1-3H3. The monoisotopic (exact) mass is 424 g/mol. The number of likely N-dealkylation sites (N-methyl/N-ethyl adjacent to an activating group) is 1. The number of rotatable bonds is 5. The Bertz CT molecular complexity index is 1090. The minimum absolute atomic E-state index is 0.0652. The first-order valence-corrected chi connectivity index (χ1v) is 10.7. The topological polar surface area (TPSA) is 80.5 Å². The molecule has 27 heavy (non-hydrogen) atoms. The third kappa shape index (κ3) is 3.65. The lowest BCUT2D eigenvalue weighted by molar-refractivity contribution is -0.124. The van der Waals surface area contributed by atoms with Crippen LogP contribution in [-0.2, 0) is 21.2 Å².